The molecule has 2 aromatic rings. The topological polar surface area (TPSA) is 50.7 Å². The lowest BCUT2D eigenvalue weighted by molar-refractivity contribution is 0.0955. The van der Waals surface area contributed by atoms with E-state index in [1.807, 2.05) is 43.3 Å². The van der Waals surface area contributed by atoms with Crippen molar-refractivity contribution in [2.75, 3.05) is 6.61 Å². The van der Waals surface area contributed by atoms with Gasteiger partial charge in [0, 0.05) is 5.56 Å². The first-order valence-electron chi connectivity index (χ1n) is 8.82. The fourth-order valence-corrected chi connectivity index (χ4v) is 2.40. The first-order chi connectivity index (χ1) is 12.2. The highest BCUT2D eigenvalue weighted by atomic mass is 16.5. The van der Waals surface area contributed by atoms with Crippen LogP contribution in [-0.2, 0) is 0 Å². The van der Waals surface area contributed by atoms with Crippen molar-refractivity contribution in [3.63, 3.8) is 0 Å². The molecule has 0 bridgehead atoms. The fourth-order valence-electron chi connectivity index (χ4n) is 2.40. The average molecular weight is 338 g/mol. The molecule has 4 nitrogen and oxygen atoms in total. The first-order valence-corrected chi connectivity index (χ1v) is 8.82. The van der Waals surface area contributed by atoms with Crippen LogP contribution in [0.3, 0.4) is 0 Å². The van der Waals surface area contributed by atoms with Gasteiger partial charge in [0.15, 0.2) is 0 Å². The standard InChI is InChI=1S/C21H26N2O2/c1-3-4-5-6-14-25-20-12-10-19(11-13-20)21(24)23-22-16-18-9-7-8-17(2)15-18/h7-13,15-16H,3-6,14H2,1-2H3,(H,23,24)/b22-16+. The summed E-state index contributed by atoms with van der Waals surface area (Å²) in [6.45, 7) is 4.92. The van der Waals surface area contributed by atoms with Gasteiger partial charge in [-0.05, 0) is 43.2 Å². The van der Waals surface area contributed by atoms with E-state index in [1.54, 1.807) is 18.3 Å². The second-order valence-electron chi connectivity index (χ2n) is 6.05. The monoisotopic (exact) mass is 338 g/mol. The second kappa shape index (κ2) is 10.3. The van der Waals surface area contributed by atoms with Gasteiger partial charge in [-0.1, -0.05) is 56.0 Å². The van der Waals surface area contributed by atoms with Gasteiger partial charge in [0.1, 0.15) is 5.75 Å². The van der Waals surface area contributed by atoms with Gasteiger partial charge in [-0.15, -0.1) is 0 Å². The molecule has 0 aromatic heterocycles. The molecule has 0 radical (unpaired) electrons. The minimum Gasteiger partial charge on any atom is -0.494 e. The number of benzene rings is 2. The van der Waals surface area contributed by atoms with Crippen LogP contribution in [0.15, 0.2) is 53.6 Å². The number of aryl methyl sites for hydroxylation is 1. The number of carbonyl (C=O) groups is 1. The maximum absolute atomic E-state index is 12.1. The summed E-state index contributed by atoms with van der Waals surface area (Å²) in [6.07, 6.45) is 6.35. The van der Waals surface area contributed by atoms with Gasteiger partial charge in [0.25, 0.3) is 5.91 Å². The Labute approximate surface area is 149 Å². The van der Waals surface area contributed by atoms with E-state index >= 15 is 0 Å². The van der Waals surface area contributed by atoms with Crippen LogP contribution in [0.1, 0.15) is 54.1 Å². The van der Waals surface area contributed by atoms with Crippen molar-refractivity contribution in [2.24, 2.45) is 5.10 Å². The van der Waals surface area contributed by atoms with Crippen LogP contribution in [0.5, 0.6) is 5.75 Å². The molecule has 0 saturated heterocycles. The van der Waals surface area contributed by atoms with Crippen LogP contribution < -0.4 is 10.2 Å². The molecule has 2 rings (SSSR count). The van der Waals surface area contributed by atoms with E-state index in [0.717, 1.165) is 23.3 Å². The Morgan fingerprint density at radius 1 is 1.12 bits per heavy atom. The highest BCUT2D eigenvalue weighted by molar-refractivity contribution is 5.95. The molecule has 1 amide bonds. The zero-order valence-electron chi connectivity index (χ0n) is 15.0. The van der Waals surface area contributed by atoms with Gasteiger partial charge < -0.3 is 4.74 Å². The van der Waals surface area contributed by atoms with Gasteiger partial charge in [-0.25, -0.2) is 5.43 Å². The van der Waals surface area contributed by atoms with E-state index in [0.29, 0.717) is 12.2 Å². The van der Waals surface area contributed by atoms with Crippen molar-refractivity contribution in [3.05, 3.63) is 65.2 Å². The SMILES string of the molecule is CCCCCCOc1ccc(C(=O)N/N=C/c2cccc(C)c2)cc1. The molecule has 0 spiro atoms. The van der Waals surface area contributed by atoms with Crippen LogP contribution >= 0.6 is 0 Å². The van der Waals surface area contributed by atoms with Crippen LogP contribution in [0.25, 0.3) is 0 Å². The second-order valence-corrected chi connectivity index (χ2v) is 6.05. The van der Waals surface area contributed by atoms with Crippen molar-refractivity contribution in [1.29, 1.82) is 0 Å². The fraction of sp³-hybridized carbons (Fsp3) is 0.333. The quantitative estimate of drug-likeness (QED) is 0.409. The van der Waals surface area contributed by atoms with Crippen molar-refractivity contribution in [1.82, 2.24) is 5.43 Å². The number of nitrogens with zero attached hydrogens (tertiary/aromatic N) is 1. The average Bonchev–Trinajstić information content (AvgIpc) is 2.62. The van der Waals surface area contributed by atoms with E-state index in [2.05, 4.69) is 17.5 Å². The molecule has 2 aromatic carbocycles. The highest BCUT2D eigenvalue weighted by Crippen LogP contribution is 2.13. The largest absolute Gasteiger partial charge is 0.494 e. The maximum Gasteiger partial charge on any atom is 0.271 e. The molecular formula is C21H26N2O2. The summed E-state index contributed by atoms with van der Waals surface area (Å²) in [6, 6.07) is 15.1. The lowest BCUT2D eigenvalue weighted by Crippen LogP contribution is -2.17. The number of amides is 1. The number of hydrogen-bond acceptors (Lipinski definition) is 3. The lowest BCUT2D eigenvalue weighted by Gasteiger charge is -2.06. The van der Waals surface area contributed by atoms with Crippen LogP contribution in [0.2, 0.25) is 0 Å². The summed E-state index contributed by atoms with van der Waals surface area (Å²) in [7, 11) is 0. The molecule has 0 aliphatic heterocycles. The molecule has 25 heavy (non-hydrogen) atoms. The van der Waals surface area contributed by atoms with Gasteiger partial charge in [0.05, 0.1) is 12.8 Å². The predicted octanol–water partition coefficient (Wildman–Crippen LogP) is 4.72. The van der Waals surface area contributed by atoms with Crippen molar-refractivity contribution >= 4 is 12.1 Å². The zero-order chi connectivity index (χ0) is 17.9. The number of rotatable bonds is 9. The van der Waals surface area contributed by atoms with Crippen LogP contribution in [0, 0.1) is 6.92 Å². The molecule has 0 aliphatic rings. The molecule has 132 valence electrons. The molecule has 0 saturated carbocycles. The molecule has 4 heteroatoms. The zero-order valence-corrected chi connectivity index (χ0v) is 15.0. The minimum atomic E-state index is -0.238. The minimum absolute atomic E-state index is 0.238. The smallest absolute Gasteiger partial charge is 0.271 e. The van der Waals surface area contributed by atoms with Crippen molar-refractivity contribution in [3.8, 4) is 5.75 Å². The Hall–Kier alpha value is -2.62. The first kappa shape index (κ1) is 18.7. The molecule has 1 N–H and O–H groups in total. The Balaban J connectivity index is 1.79. The van der Waals surface area contributed by atoms with Crippen molar-refractivity contribution < 1.29 is 9.53 Å². The third-order valence-corrected chi connectivity index (χ3v) is 3.80. The summed E-state index contributed by atoms with van der Waals surface area (Å²) in [4.78, 5) is 12.1. The van der Waals surface area contributed by atoms with Gasteiger partial charge >= 0.3 is 0 Å². The van der Waals surface area contributed by atoms with Gasteiger partial charge in [-0.2, -0.15) is 5.10 Å². The van der Waals surface area contributed by atoms with Crippen LogP contribution in [-0.4, -0.2) is 18.7 Å². The Morgan fingerprint density at radius 2 is 1.92 bits per heavy atom. The lowest BCUT2D eigenvalue weighted by atomic mass is 10.2. The third-order valence-electron chi connectivity index (χ3n) is 3.80. The number of unbranched alkanes of at least 4 members (excludes halogenated alkanes) is 3. The maximum atomic E-state index is 12.1. The van der Waals surface area contributed by atoms with E-state index in [4.69, 9.17) is 4.74 Å². The number of ether oxygens (including phenoxy) is 1. The van der Waals surface area contributed by atoms with E-state index < -0.39 is 0 Å². The van der Waals surface area contributed by atoms with Crippen molar-refractivity contribution in [2.45, 2.75) is 39.5 Å². The summed E-state index contributed by atoms with van der Waals surface area (Å²) in [5, 5.41) is 4.00. The van der Waals surface area contributed by atoms with E-state index in [9.17, 15) is 4.79 Å². The van der Waals surface area contributed by atoms with Gasteiger partial charge in [0.2, 0.25) is 0 Å². The van der Waals surface area contributed by atoms with Crippen LogP contribution in [0.4, 0.5) is 0 Å². The molecule has 0 aliphatic carbocycles. The van der Waals surface area contributed by atoms with E-state index in [-0.39, 0.29) is 5.91 Å². The molecule has 0 heterocycles. The summed E-state index contributed by atoms with van der Waals surface area (Å²) < 4.78 is 5.68. The molecule has 0 atom stereocenters. The Morgan fingerprint density at radius 3 is 2.64 bits per heavy atom. The Kier molecular flexibility index (Phi) is 7.70. The number of hydrogen-bond donors (Lipinski definition) is 1. The number of carbonyl (C=O) groups excluding carboxylic acids is 1. The van der Waals surface area contributed by atoms with E-state index in [1.165, 1.54) is 19.3 Å². The highest BCUT2D eigenvalue weighted by Gasteiger charge is 2.04. The number of hydrazone groups is 1. The molecule has 0 unspecified atom stereocenters. The Bertz CT molecular complexity index is 693. The van der Waals surface area contributed by atoms with Gasteiger partial charge in [-0.3, -0.25) is 4.79 Å². The normalized spacial score (nSPS) is 10.8. The summed E-state index contributed by atoms with van der Waals surface area (Å²) in [5.74, 6) is 0.551. The summed E-state index contributed by atoms with van der Waals surface area (Å²) >= 11 is 0. The molecule has 0 fully saturated rings. The number of nitrogens with one attached hydrogen (secondary N) is 1. The summed E-state index contributed by atoms with van der Waals surface area (Å²) in [5.41, 5.74) is 5.20. The third kappa shape index (κ3) is 6.79. The molecular weight excluding hydrogens is 312 g/mol. The predicted molar refractivity (Wildman–Crippen MR) is 102 cm³/mol.